The Morgan fingerprint density at radius 3 is 2.50 bits per heavy atom. The number of hydrogen-bond donors (Lipinski definition) is 3. The van der Waals surface area contributed by atoms with Crippen LogP contribution in [0.3, 0.4) is 0 Å². The van der Waals surface area contributed by atoms with Gasteiger partial charge < -0.3 is 0 Å². The van der Waals surface area contributed by atoms with Gasteiger partial charge in [-0.3, -0.25) is 25.5 Å². The average Bonchev–Trinajstić information content (AvgIpc) is 2.98. The van der Waals surface area contributed by atoms with Gasteiger partial charge in [0.05, 0.1) is 11.6 Å². The summed E-state index contributed by atoms with van der Waals surface area (Å²) in [5, 5.41) is 6.84. The summed E-state index contributed by atoms with van der Waals surface area (Å²) < 4.78 is 0. The van der Waals surface area contributed by atoms with Gasteiger partial charge in [-0.2, -0.15) is 5.10 Å². The fourth-order valence-corrected chi connectivity index (χ4v) is 3.31. The van der Waals surface area contributed by atoms with Gasteiger partial charge >= 0.3 is 0 Å². The van der Waals surface area contributed by atoms with Gasteiger partial charge in [0.15, 0.2) is 0 Å². The van der Waals surface area contributed by atoms with Crippen molar-refractivity contribution in [2.24, 2.45) is 17.3 Å². The third kappa shape index (κ3) is 3.54. The highest BCUT2D eigenvalue weighted by molar-refractivity contribution is 5.95. The van der Waals surface area contributed by atoms with Crippen molar-refractivity contribution in [3.63, 3.8) is 0 Å². The summed E-state index contributed by atoms with van der Waals surface area (Å²) in [6.45, 7) is 8.16. The van der Waals surface area contributed by atoms with Crippen molar-refractivity contribution in [2.75, 3.05) is 0 Å². The van der Waals surface area contributed by atoms with E-state index >= 15 is 0 Å². The second-order valence-electron chi connectivity index (χ2n) is 7.55. The van der Waals surface area contributed by atoms with Gasteiger partial charge in [0.1, 0.15) is 5.69 Å². The molecular weight excluding hydrogens is 328 g/mol. The molecule has 1 aromatic carbocycles. The summed E-state index contributed by atoms with van der Waals surface area (Å²) in [4.78, 5) is 24.6. The molecule has 6 nitrogen and oxygen atoms in total. The standard InChI is InChI=1S/C20H24N4O2/c1-12(2)10-14-17(20(14,3)4)19(26)24-23-18(25)16-11-15(21-22-16)13-8-6-5-7-9-13/h5-11,14,17H,1-4H3,(H,21,22)(H,23,25)(H,24,26). The Bertz CT molecular complexity index is 848. The molecule has 1 aromatic heterocycles. The maximum Gasteiger partial charge on any atom is 0.287 e. The Morgan fingerprint density at radius 1 is 1.15 bits per heavy atom. The number of H-pyrrole nitrogens is 1. The fraction of sp³-hybridized carbons (Fsp3) is 0.350. The first-order valence-corrected chi connectivity index (χ1v) is 8.66. The van der Waals surface area contributed by atoms with Gasteiger partial charge in [-0.05, 0) is 31.2 Å². The topological polar surface area (TPSA) is 86.9 Å². The van der Waals surface area contributed by atoms with Crippen molar-refractivity contribution >= 4 is 11.8 Å². The van der Waals surface area contributed by atoms with Gasteiger partial charge in [-0.1, -0.05) is 55.8 Å². The largest absolute Gasteiger partial charge is 0.287 e. The van der Waals surface area contributed by atoms with E-state index in [1.165, 1.54) is 5.57 Å². The summed E-state index contributed by atoms with van der Waals surface area (Å²) in [6.07, 6.45) is 2.12. The second-order valence-corrected chi connectivity index (χ2v) is 7.55. The summed E-state index contributed by atoms with van der Waals surface area (Å²) in [5.41, 5.74) is 7.97. The molecule has 0 aliphatic heterocycles. The van der Waals surface area contributed by atoms with Gasteiger partial charge in [-0.15, -0.1) is 0 Å². The summed E-state index contributed by atoms with van der Waals surface area (Å²) in [5.74, 6) is -0.542. The molecule has 2 atom stereocenters. The van der Waals surface area contributed by atoms with E-state index in [1.54, 1.807) is 6.07 Å². The number of aromatic amines is 1. The molecule has 2 unspecified atom stereocenters. The molecule has 26 heavy (non-hydrogen) atoms. The zero-order chi connectivity index (χ0) is 18.9. The zero-order valence-corrected chi connectivity index (χ0v) is 15.5. The third-order valence-corrected chi connectivity index (χ3v) is 4.90. The first kappa shape index (κ1) is 17.9. The van der Waals surface area contributed by atoms with Crippen LogP contribution in [0, 0.1) is 17.3 Å². The molecule has 2 amide bonds. The molecule has 0 bridgehead atoms. The number of carbonyl (C=O) groups is 2. The monoisotopic (exact) mass is 352 g/mol. The summed E-state index contributed by atoms with van der Waals surface area (Å²) in [7, 11) is 0. The van der Waals surface area contributed by atoms with E-state index in [4.69, 9.17) is 0 Å². The van der Waals surface area contributed by atoms with Crippen molar-refractivity contribution in [1.82, 2.24) is 21.0 Å². The van der Waals surface area contributed by atoms with E-state index in [-0.39, 0.29) is 23.2 Å². The SMILES string of the molecule is CC(C)=CC1C(C(=O)NNC(=O)c2cc(-c3ccccc3)n[nH]2)C1(C)C. The van der Waals surface area contributed by atoms with Crippen LogP contribution >= 0.6 is 0 Å². The molecule has 1 fully saturated rings. The van der Waals surface area contributed by atoms with E-state index in [0.29, 0.717) is 11.4 Å². The van der Waals surface area contributed by atoms with Crippen LogP contribution in [-0.4, -0.2) is 22.0 Å². The molecule has 1 aliphatic carbocycles. The highest BCUT2D eigenvalue weighted by atomic mass is 16.2. The Balaban J connectivity index is 1.59. The molecule has 1 heterocycles. The molecule has 136 valence electrons. The minimum Gasteiger partial charge on any atom is -0.273 e. The fourth-order valence-electron chi connectivity index (χ4n) is 3.31. The number of nitrogens with zero attached hydrogens (tertiary/aromatic N) is 1. The first-order chi connectivity index (χ1) is 12.3. The second kappa shape index (κ2) is 6.78. The number of carbonyl (C=O) groups excluding carboxylic acids is 2. The van der Waals surface area contributed by atoms with Crippen LogP contribution in [-0.2, 0) is 4.79 Å². The van der Waals surface area contributed by atoms with Crippen LogP contribution in [0.2, 0.25) is 0 Å². The van der Waals surface area contributed by atoms with Crippen LogP contribution in [0.15, 0.2) is 48.0 Å². The number of amides is 2. The normalized spacial score (nSPS) is 20.2. The molecule has 2 aromatic rings. The predicted octanol–water partition coefficient (Wildman–Crippen LogP) is 3.08. The van der Waals surface area contributed by atoms with Gasteiger partial charge in [0, 0.05) is 5.56 Å². The van der Waals surface area contributed by atoms with Gasteiger partial charge in [0.25, 0.3) is 5.91 Å². The number of hydrazine groups is 1. The van der Waals surface area contributed by atoms with Crippen molar-refractivity contribution in [3.05, 3.63) is 53.7 Å². The van der Waals surface area contributed by atoms with Gasteiger partial charge in [0.2, 0.25) is 5.91 Å². The van der Waals surface area contributed by atoms with E-state index in [2.05, 4.69) is 41.0 Å². The van der Waals surface area contributed by atoms with Crippen molar-refractivity contribution in [2.45, 2.75) is 27.7 Å². The Labute approximate surface area is 153 Å². The highest BCUT2D eigenvalue weighted by Crippen LogP contribution is 2.59. The maximum absolute atomic E-state index is 12.4. The number of aromatic nitrogens is 2. The van der Waals surface area contributed by atoms with E-state index in [0.717, 1.165) is 5.56 Å². The van der Waals surface area contributed by atoms with Crippen molar-refractivity contribution in [3.8, 4) is 11.3 Å². The molecule has 1 saturated carbocycles. The molecule has 3 N–H and O–H groups in total. The lowest BCUT2D eigenvalue weighted by molar-refractivity contribution is -0.123. The number of rotatable bonds is 4. The minimum atomic E-state index is -0.426. The van der Waals surface area contributed by atoms with E-state index < -0.39 is 5.91 Å². The molecule has 0 radical (unpaired) electrons. The van der Waals surface area contributed by atoms with Crippen molar-refractivity contribution in [1.29, 1.82) is 0 Å². The van der Waals surface area contributed by atoms with Crippen LogP contribution in [0.5, 0.6) is 0 Å². The van der Waals surface area contributed by atoms with Gasteiger partial charge in [-0.25, -0.2) is 0 Å². The summed E-state index contributed by atoms with van der Waals surface area (Å²) >= 11 is 0. The van der Waals surface area contributed by atoms with E-state index in [1.807, 2.05) is 44.2 Å². The lowest BCUT2D eigenvalue weighted by atomic mass is 10.1. The highest BCUT2D eigenvalue weighted by Gasteiger charge is 2.60. The number of hydrogen-bond acceptors (Lipinski definition) is 3. The average molecular weight is 352 g/mol. The Hall–Kier alpha value is -2.89. The maximum atomic E-state index is 12.4. The predicted molar refractivity (Wildman–Crippen MR) is 99.8 cm³/mol. The smallest absolute Gasteiger partial charge is 0.273 e. The van der Waals surface area contributed by atoms with Crippen LogP contribution in [0.25, 0.3) is 11.3 Å². The lowest BCUT2D eigenvalue weighted by Gasteiger charge is -2.06. The summed E-state index contributed by atoms with van der Waals surface area (Å²) in [6, 6.07) is 11.2. The van der Waals surface area contributed by atoms with Crippen LogP contribution in [0.1, 0.15) is 38.2 Å². The Kier molecular flexibility index (Phi) is 4.68. The molecule has 0 saturated heterocycles. The van der Waals surface area contributed by atoms with Crippen LogP contribution < -0.4 is 10.9 Å². The molecular formula is C20H24N4O2. The van der Waals surface area contributed by atoms with Crippen LogP contribution in [0.4, 0.5) is 0 Å². The molecule has 1 aliphatic rings. The minimum absolute atomic E-state index is 0.0967. The molecule has 3 rings (SSSR count). The number of benzene rings is 1. The first-order valence-electron chi connectivity index (χ1n) is 8.66. The number of allylic oxidation sites excluding steroid dienone is 2. The molecule has 6 heteroatoms. The Morgan fingerprint density at radius 2 is 1.85 bits per heavy atom. The zero-order valence-electron chi connectivity index (χ0n) is 15.5. The van der Waals surface area contributed by atoms with E-state index in [9.17, 15) is 9.59 Å². The third-order valence-electron chi connectivity index (χ3n) is 4.90. The quantitative estimate of drug-likeness (QED) is 0.584. The molecule has 0 spiro atoms. The lowest BCUT2D eigenvalue weighted by Crippen LogP contribution is -2.43. The van der Waals surface area contributed by atoms with Crippen molar-refractivity contribution < 1.29 is 9.59 Å². The number of nitrogens with one attached hydrogen (secondary N) is 3.